The van der Waals surface area contributed by atoms with Gasteiger partial charge in [-0.15, -0.1) is 0 Å². The molecule has 3 rings (SSSR count). The van der Waals surface area contributed by atoms with Crippen molar-refractivity contribution in [2.24, 2.45) is 5.92 Å². The minimum Gasteiger partial charge on any atom is -0.370 e. The van der Waals surface area contributed by atoms with Gasteiger partial charge in [-0.25, -0.2) is 15.0 Å². The third-order valence-corrected chi connectivity index (χ3v) is 4.43. The molecule has 1 N–H and O–H groups in total. The van der Waals surface area contributed by atoms with Gasteiger partial charge in [0.1, 0.15) is 23.3 Å². The molecule has 1 aliphatic rings. The minimum absolute atomic E-state index is 0.689. The molecule has 25 heavy (non-hydrogen) atoms. The molecular formula is C19H28N6. The Hall–Kier alpha value is -2.37. The first-order chi connectivity index (χ1) is 12.1. The Morgan fingerprint density at radius 2 is 1.76 bits per heavy atom. The fraction of sp³-hybridized carbons (Fsp3) is 0.526. The van der Waals surface area contributed by atoms with Gasteiger partial charge in [-0.05, 0) is 31.4 Å². The van der Waals surface area contributed by atoms with E-state index >= 15 is 0 Å². The molecule has 2 aromatic rings. The highest BCUT2D eigenvalue weighted by Crippen LogP contribution is 2.20. The lowest BCUT2D eigenvalue weighted by molar-refractivity contribution is 0.606. The lowest BCUT2D eigenvalue weighted by Crippen LogP contribution is -2.47. The van der Waals surface area contributed by atoms with E-state index in [0.29, 0.717) is 5.92 Å². The summed E-state index contributed by atoms with van der Waals surface area (Å²) < 4.78 is 0. The largest absolute Gasteiger partial charge is 0.370 e. The number of aryl methyl sites for hydroxylation is 1. The summed E-state index contributed by atoms with van der Waals surface area (Å²) in [6.07, 6.45) is 2.99. The van der Waals surface area contributed by atoms with Gasteiger partial charge in [0.05, 0.1) is 0 Å². The van der Waals surface area contributed by atoms with Gasteiger partial charge in [0, 0.05) is 45.0 Å². The van der Waals surface area contributed by atoms with Crippen LogP contribution in [0.4, 0.5) is 17.5 Å². The van der Waals surface area contributed by atoms with Crippen LogP contribution in [0.5, 0.6) is 0 Å². The van der Waals surface area contributed by atoms with Gasteiger partial charge < -0.3 is 15.1 Å². The molecule has 0 atom stereocenters. The molecule has 6 nitrogen and oxygen atoms in total. The van der Waals surface area contributed by atoms with E-state index in [-0.39, 0.29) is 0 Å². The molecule has 1 aliphatic heterocycles. The zero-order valence-corrected chi connectivity index (χ0v) is 15.4. The van der Waals surface area contributed by atoms with Crippen molar-refractivity contribution in [2.75, 3.05) is 47.8 Å². The quantitative estimate of drug-likeness (QED) is 0.872. The maximum absolute atomic E-state index is 4.64. The van der Waals surface area contributed by atoms with Gasteiger partial charge in [-0.2, -0.15) is 0 Å². The second kappa shape index (κ2) is 8.14. The molecule has 1 fully saturated rings. The topological polar surface area (TPSA) is 57.2 Å². The number of hydrogen-bond acceptors (Lipinski definition) is 6. The van der Waals surface area contributed by atoms with Crippen molar-refractivity contribution in [3.63, 3.8) is 0 Å². The van der Waals surface area contributed by atoms with E-state index in [1.165, 1.54) is 0 Å². The molecule has 0 aliphatic carbocycles. The van der Waals surface area contributed by atoms with Gasteiger partial charge in [0.25, 0.3) is 0 Å². The Bertz CT molecular complexity index is 665. The Balaban J connectivity index is 1.61. The van der Waals surface area contributed by atoms with Crippen LogP contribution in [0, 0.1) is 12.8 Å². The standard InChI is InChI=1S/C19H28N6/c1-15(2)7-9-20-17-14-19(23-16(3)22-17)25-12-10-24(11-13-25)18-6-4-5-8-21-18/h4-6,8,14-15H,7,9-13H2,1-3H3,(H,20,22,23). The number of piperazine rings is 1. The third kappa shape index (κ3) is 4.81. The van der Waals surface area contributed by atoms with Crippen LogP contribution in [0.15, 0.2) is 30.5 Å². The Kier molecular flexibility index (Phi) is 5.68. The number of pyridine rings is 1. The van der Waals surface area contributed by atoms with Crippen LogP contribution >= 0.6 is 0 Å². The number of nitrogens with one attached hydrogen (secondary N) is 1. The lowest BCUT2D eigenvalue weighted by atomic mass is 10.1. The first-order valence-electron chi connectivity index (χ1n) is 9.12. The van der Waals surface area contributed by atoms with Crippen molar-refractivity contribution in [3.05, 3.63) is 36.3 Å². The molecule has 0 radical (unpaired) electrons. The van der Waals surface area contributed by atoms with Crippen molar-refractivity contribution in [1.29, 1.82) is 0 Å². The van der Waals surface area contributed by atoms with E-state index in [9.17, 15) is 0 Å². The summed E-state index contributed by atoms with van der Waals surface area (Å²) in [7, 11) is 0. The molecule has 0 saturated carbocycles. The summed E-state index contributed by atoms with van der Waals surface area (Å²) in [6.45, 7) is 11.2. The van der Waals surface area contributed by atoms with Crippen molar-refractivity contribution in [3.8, 4) is 0 Å². The Morgan fingerprint density at radius 1 is 1.04 bits per heavy atom. The number of nitrogens with zero attached hydrogens (tertiary/aromatic N) is 5. The summed E-state index contributed by atoms with van der Waals surface area (Å²) in [5.74, 6) is 4.50. The normalized spacial score (nSPS) is 14.9. The highest BCUT2D eigenvalue weighted by atomic mass is 15.3. The zero-order valence-electron chi connectivity index (χ0n) is 15.4. The maximum atomic E-state index is 4.64. The van der Waals surface area contributed by atoms with E-state index < -0.39 is 0 Å². The predicted molar refractivity (Wildman–Crippen MR) is 103 cm³/mol. The Morgan fingerprint density at radius 3 is 2.40 bits per heavy atom. The average Bonchev–Trinajstić information content (AvgIpc) is 2.62. The molecule has 1 saturated heterocycles. The predicted octanol–water partition coefficient (Wildman–Crippen LogP) is 2.96. The molecule has 6 heteroatoms. The maximum Gasteiger partial charge on any atom is 0.134 e. The van der Waals surface area contributed by atoms with Crippen LogP contribution in [0.1, 0.15) is 26.1 Å². The van der Waals surface area contributed by atoms with Crippen LogP contribution in [0.25, 0.3) is 0 Å². The van der Waals surface area contributed by atoms with E-state index in [4.69, 9.17) is 0 Å². The highest BCUT2D eigenvalue weighted by Gasteiger charge is 2.19. The number of aromatic nitrogens is 3. The highest BCUT2D eigenvalue weighted by molar-refractivity contribution is 5.51. The summed E-state index contributed by atoms with van der Waals surface area (Å²) in [6, 6.07) is 8.14. The molecule has 3 heterocycles. The van der Waals surface area contributed by atoms with Gasteiger partial charge in [-0.3, -0.25) is 0 Å². The molecule has 0 amide bonds. The summed E-state index contributed by atoms with van der Waals surface area (Å²) >= 11 is 0. The summed E-state index contributed by atoms with van der Waals surface area (Å²) in [5.41, 5.74) is 0. The monoisotopic (exact) mass is 340 g/mol. The molecule has 0 unspecified atom stereocenters. The fourth-order valence-electron chi connectivity index (χ4n) is 3.00. The third-order valence-electron chi connectivity index (χ3n) is 4.43. The van der Waals surface area contributed by atoms with Crippen LogP contribution in [0.3, 0.4) is 0 Å². The average molecular weight is 340 g/mol. The minimum atomic E-state index is 0.689. The fourth-order valence-corrected chi connectivity index (χ4v) is 3.00. The van der Waals surface area contributed by atoms with Crippen molar-refractivity contribution >= 4 is 17.5 Å². The SMILES string of the molecule is Cc1nc(NCCC(C)C)cc(N2CCN(c3ccccn3)CC2)n1. The van der Waals surface area contributed by atoms with E-state index in [2.05, 4.69) is 56.0 Å². The summed E-state index contributed by atoms with van der Waals surface area (Å²) in [4.78, 5) is 18.3. The molecule has 2 aromatic heterocycles. The number of rotatable bonds is 6. The van der Waals surface area contributed by atoms with Crippen molar-refractivity contribution in [1.82, 2.24) is 15.0 Å². The number of hydrogen-bond donors (Lipinski definition) is 1. The van der Waals surface area contributed by atoms with Gasteiger partial charge in [0.2, 0.25) is 0 Å². The molecule has 0 aromatic carbocycles. The molecular weight excluding hydrogens is 312 g/mol. The van der Waals surface area contributed by atoms with Crippen LogP contribution < -0.4 is 15.1 Å². The van der Waals surface area contributed by atoms with Crippen LogP contribution in [-0.2, 0) is 0 Å². The second-order valence-corrected chi connectivity index (χ2v) is 6.93. The Labute approximate surface area is 150 Å². The summed E-state index contributed by atoms with van der Waals surface area (Å²) in [5, 5.41) is 3.43. The van der Waals surface area contributed by atoms with E-state index in [0.717, 1.165) is 62.4 Å². The zero-order chi connectivity index (χ0) is 17.6. The smallest absolute Gasteiger partial charge is 0.134 e. The molecule has 0 spiro atoms. The van der Waals surface area contributed by atoms with Gasteiger partial charge in [0.15, 0.2) is 0 Å². The van der Waals surface area contributed by atoms with Crippen LogP contribution in [-0.4, -0.2) is 47.7 Å². The molecule has 0 bridgehead atoms. The molecule has 134 valence electrons. The first-order valence-corrected chi connectivity index (χ1v) is 9.12. The van der Waals surface area contributed by atoms with Crippen molar-refractivity contribution in [2.45, 2.75) is 27.2 Å². The second-order valence-electron chi connectivity index (χ2n) is 6.93. The van der Waals surface area contributed by atoms with Gasteiger partial charge in [-0.1, -0.05) is 19.9 Å². The van der Waals surface area contributed by atoms with Crippen LogP contribution in [0.2, 0.25) is 0 Å². The van der Waals surface area contributed by atoms with E-state index in [1.807, 2.05) is 25.3 Å². The number of anilines is 3. The van der Waals surface area contributed by atoms with E-state index in [1.54, 1.807) is 0 Å². The van der Waals surface area contributed by atoms with Crippen molar-refractivity contribution < 1.29 is 0 Å². The first kappa shape index (κ1) is 17.5. The lowest BCUT2D eigenvalue weighted by Gasteiger charge is -2.36. The van der Waals surface area contributed by atoms with Gasteiger partial charge >= 0.3 is 0 Å².